The Balaban J connectivity index is 0.00000113. The zero-order valence-electron chi connectivity index (χ0n) is 14.7. The molecule has 2 saturated heterocycles. The van der Waals surface area contributed by atoms with E-state index >= 15 is 0 Å². The van der Waals surface area contributed by atoms with E-state index in [1.54, 1.807) is 6.20 Å². The predicted molar refractivity (Wildman–Crippen MR) is 102 cm³/mol. The van der Waals surface area contributed by atoms with E-state index in [0.29, 0.717) is 5.92 Å². The molecular weight excluding hydrogens is 361 g/mol. The highest BCUT2D eigenvalue weighted by molar-refractivity contribution is 5.86. The Hall–Kier alpha value is -0.820. The largest absolute Gasteiger partial charge is 0.350 e. The first-order chi connectivity index (χ1) is 11.2. The Morgan fingerprint density at radius 1 is 1.24 bits per heavy atom. The van der Waals surface area contributed by atoms with Gasteiger partial charge in [0.05, 0.1) is 0 Å². The summed E-state index contributed by atoms with van der Waals surface area (Å²) in [6.45, 7) is 6.11. The summed E-state index contributed by atoms with van der Waals surface area (Å²) < 4.78 is 1.88. The van der Waals surface area contributed by atoms with Crippen LogP contribution in [0.15, 0.2) is 18.5 Å². The number of aromatic nitrogens is 2. The minimum atomic E-state index is -0.526. The number of hydrogen-bond donors (Lipinski definition) is 2. The molecule has 0 aromatic carbocycles. The van der Waals surface area contributed by atoms with Gasteiger partial charge < -0.3 is 10.6 Å². The van der Waals surface area contributed by atoms with Crippen molar-refractivity contribution in [3.63, 3.8) is 0 Å². The molecule has 3 aliphatic rings. The Morgan fingerprint density at radius 3 is 2.56 bits per heavy atom. The van der Waals surface area contributed by atoms with Gasteiger partial charge in [-0.15, -0.1) is 24.8 Å². The Labute approximate surface area is 161 Å². The topological polar surface area (TPSA) is 62.2 Å². The Kier molecular flexibility index (Phi) is 6.76. The van der Waals surface area contributed by atoms with Crippen LogP contribution in [0.1, 0.15) is 32.6 Å². The smallest absolute Gasteiger partial charge is 0.248 e. The summed E-state index contributed by atoms with van der Waals surface area (Å²) >= 11 is 0. The molecule has 3 fully saturated rings. The standard InChI is InChI=1S/C17H27N5O.2ClH/c1-13-11-21(14-3-4-14)12-15(13)20-16(23)17(5-8-18-9-6-17)22-10-2-7-19-22;;/h2,7,10,13-15,18H,3-6,8-9,11-12H2,1H3,(H,20,23);2*1H. The Morgan fingerprint density at radius 2 is 1.96 bits per heavy atom. The monoisotopic (exact) mass is 389 g/mol. The number of piperidine rings is 1. The first-order valence-electron chi connectivity index (χ1n) is 8.95. The van der Waals surface area contributed by atoms with Gasteiger partial charge in [-0.25, -0.2) is 0 Å². The molecule has 2 N–H and O–H groups in total. The highest BCUT2D eigenvalue weighted by atomic mass is 35.5. The lowest BCUT2D eigenvalue weighted by atomic mass is 9.86. The van der Waals surface area contributed by atoms with Gasteiger partial charge in [-0.05, 0) is 50.8 Å². The van der Waals surface area contributed by atoms with E-state index in [9.17, 15) is 4.79 Å². The SMILES string of the molecule is CC1CN(C2CC2)CC1NC(=O)C1(n2cccn2)CCNCC1.Cl.Cl. The number of amides is 1. The molecule has 4 rings (SSSR count). The molecule has 2 atom stereocenters. The molecule has 0 spiro atoms. The van der Waals surface area contributed by atoms with E-state index in [1.165, 1.54) is 12.8 Å². The van der Waals surface area contributed by atoms with Crippen molar-refractivity contribution in [1.82, 2.24) is 25.3 Å². The fourth-order valence-corrected chi connectivity index (χ4v) is 4.16. The Bertz CT molecular complexity index is 557. The van der Waals surface area contributed by atoms with Crippen LogP contribution < -0.4 is 10.6 Å². The van der Waals surface area contributed by atoms with Gasteiger partial charge in [-0.2, -0.15) is 5.10 Å². The van der Waals surface area contributed by atoms with Crippen molar-refractivity contribution in [2.45, 2.75) is 50.2 Å². The van der Waals surface area contributed by atoms with Crippen molar-refractivity contribution in [1.29, 1.82) is 0 Å². The summed E-state index contributed by atoms with van der Waals surface area (Å²) in [6.07, 6.45) is 7.96. The molecule has 6 nitrogen and oxygen atoms in total. The summed E-state index contributed by atoms with van der Waals surface area (Å²) in [5.74, 6) is 0.674. The zero-order chi connectivity index (χ0) is 15.9. The molecule has 8 heteroatoms. The summed E-state index contributed by atoms with van der Waals surface area (Å²) in [7, 11) is 0. The van der Waals surface area contributed by atoms with Crippen LogP contribution in [-0.2, 0) is 10.3 Å². The van der Waals surface area contributed by atoms with Gasteiger partial charge in [0.25, 0.3) is 0 Å². The van der Waals surface area contributed by atoms with Crippen LogP contribution in [0.5, 0.6) is 0 Å². The van der Waals surface area contributed by atoms with E-state index in [2.05, 4.69) is 27.6 Å². The third-order valence-corrected chi connectivity index (χ3v) is 5.82. The third kappa shape index (κ3) is 3.97. The summed E-state index contributed by atoms with van der Waals surface area (Å²) in [6, 6.07) is 2.95. The predicted octanol–water partition coefficient (Wildman–Crippen LogP) is 1.40. The number of hydrogen-bond acceptors (Lipinski definition) is 4. The third-order valence-electron chi connectivity index (χ3n) is 5.82. The molecule has 0 radical (unpaired) electrons. The number of rotatable bonds is 4. The molecule has 2 aliphatic heterocycles. The van der Waals surface area contributed by atoms with Crippen LogP contribution in [0.25, 0.3) is 0 Å². The lowest BCUT2D eigenvalue weighted by Gasteiger charge is -2.37. The first kappa shape index (κ1) is 20.5. The van der Waals surface area contributed by atoms with Crippen LogP contribution in [0.2, 0.25) is 0 Å². The number of carbonyl (C=O) groups is 1. The van der Waals surface area contributed by atoms with Crippen molar-refractivity contribution < 1.29 is 4.79 Å². The van der Waals surface area contributed by atoms with Gasteiger partial charge in [0.2, 0.25) is 5.91 Å². The molecule has 0 bridgehead atoms. The molecule has 3 heterocycles. The van der Waals surface area contributed by atoms with Crippen LogP contribution in [-0.4, -0.2) is 58.9 Å². The van der Waals surface area contributed by atoms with Gasteiger partial charge in [0, 0.05) is 37.6 Å². The maximum atomic E-state index is 13.2. The summed E-state index contributed by atoms with van der Waals surface area (Å²) in [4.78, 5) is 15.7. The van der Waals surface area contributed by atoms with Crippen LogP contribution in [0, 0.1) is 5.92 Å². The summed E-state index contributed by atoms with van der Waals surface area (Å²) in [5.41, 5.74) is -0.526. The number of nitrogens with one attached hydrogen (secondary N) is 2. The second-order valence-electron chi connectivity index (χ2n) is 7.47. The maximum Gasteiger partial charge on any atom is 0.248 e. The normalized spacial score (nSPS) is 28.7. The molecule has 142 valence electrons. The minimum Gasteiger partial charge on any atom is -0.350 e. The van der Waals surface area contributed by atoms with Gasteiger partial charge in [-0.1, -0.05) is 6.92 Å². The van der Waals surface area contributed by atoms with Crippen LogP contribution in [0.3, 0.4) is 0 Å². The molecule has 1 aliphatic carbocycles. The van der Waals surface area contributed by atoms with Crippen molar-refractivity contribution in [2.75, 3.05) is 26.2 Å². The number of nitrogens with zero attached hydrogens (tertiary/aromatic N) is 3. The summed E-state index contributed by atoms with van der Waals surface area (Å²) in [5, 5.41) is 11.1. The molecular formula is C17H29Cl2N5O. The molecule has 1 amide bonds. The molecule has 2 unspecified atom stereocenters. The van der Waals surface area contributed by atoms with Gasteiger partial charge in [0.15, 0.2) is 0 Å². The van der Waals surface area contributed by atoms with Crippen molar-refractivity contribution in [2.24, 2.45) is 5.92 Å². The number of likely N-dealkylation sites (tertiary alicyclic amines) is 1. The average Bonchev–Trinajstić information content (AvgIpc) is 3.14. The molecule has 1 aromatic heterocycles. The second-order valence-corrected chi connectivity index (χ2v) is 7.47. The van der Waals surface area contributed by atoms with Gasteiger partial charge in [0.1, 0.15) is 5.54 Å². The lowest BCUT2D eigenvalue weighted by molar-refractivity contribution is -0.132. The van der Waals surface area contributed by atoms with E-state index in [4.69, 9.17) is 0 Å². The van der Waals surface area contributed by atoms with Crippen molar-refractivity contribution in [3.05, 3.63) is 18.5 Å². The van der Waals surface area contributed by atoms with Crippen molar-refractivity contribution in [3.8, 4) is 0 Å². The van der Waals surface area contributed by atoms with Crippen LogP contribution >= 0.6 is 24.8 Å². The van der Waals surface area contributed by atoms with E-state index in [0.717, 1.165) is 45.1 Å². The lowest BCUT2D eigenvalue weighted by Crippen LogP contribution is -2.57. The van der Waals surface area contributed by atoms with Crippen LogP contribution in [0.4, 0.5) is 0 Å². The average molecular weight is 390 g/mol. The zero-order valence-corrected chi connectivity index (χ0v) is 16.3. The van der Waals surface area contributed by atoms with Gasteiger partial charge >= 0.3 is 0 Å². The number of halogens is 2. The minimum absolute atomic E-state index is 0. The fraction of sp³-hybridized carbons (Fsp3) is 0.765. The quantitative estimate of drug-likeness (QED) is 0.816. The highest BCUT2D eigenvalue weighted by Crippen LogP contribution is 2.33. The highest BCUT2D eigenvalue weighted by Gasteiger charge is 2.45. The van der Waals surface area contributed by atoms with E-state index < -0.39 is 5.54 Å². The van der Waals surface area contributed by atoms with E-state index in [1.807, 2.05) is 16.9 Å². The first-order valence-corrected chi connectivity index (χ1v) is 8.95. The second kappa shape index (κ2) is 8.25. The molecule has 1 aromatic rings. The maximum absolute atomic E-state index is 13.2. The molecule has 1 saturated carbocycles. The van der Waals surface area contributed by atoms with Crippen molar-refractivity contribution >= 4 is 30.7 Å². The van der Waals surface area contributed by atoms with Gasteiger partial charge in [-0.3, -0.25) is 14.4 Å². The van der Waals surface area contributed by atoms with E-state index in [-0.39, 0.29) is 36.8 Å². The fourth-order valence-electron chi connectivity index (χ4n) is 4.16. The number of carbonyl (C=O) groups excluding carboxylic acids is 1. The molecule has 25 heavy (non-hydrogen) atoms.